The number of primary amides is 1. The molecule has 2 aromatic carbocycles. The summed E-state index contributed by atoms with van der Waals surface area (Å²) in [7, 11) is 0. The number of anilines is 1. The van der Waals surface area contributed by atoms with Gasteiger partial charge in [0.05, 0.1) is 11.6 Å². The van der Waals surface area contributed by atoms with Gasteiger partial charge < -0.3 is 20.5 Å². The quantitative estimate of drug-likeness (QED) is 0.408. The Balaban J connectivity index is 2.21. The molecule has 4 amide bonds. The van der Waals surface area contributed by atoms with Crippen molar-refractivity contribution in [1.29, 1.82) is 5.26 Å². The first-order valence-electron chi connectivity index (χ1n) is 9.10. The summed E-state index contributed by atoms with van der Waals surface area (Å²) in [6, 6.07) is 8.57. The molecule has 0 saturated carbocycles. The molecule has 166 valence electrons. The van der Waals surface area contributed by atoms with Crippen LogP contribution in [0.3, 0.4) is 0 Å². The highest BCUT2D eigenvalue weighted by atomic mass is 35.5. The van der Waals surface area contributed by atoms with Gasteiger partial charge in [-0.1, -0.05) is 11.6 Å². The number of carbonyl (C=O) groups is 3. The molecular formula is C21H18ClFN4O5. The molecule has 0 aliphatic carbocycles. The third-order valence-corrected chi connectivity index (χ3v) is 4.00. The minimum absolute atomic E-state index is 0.0457. The molecule has 0 aromatic heterocycles. The number of halogens is 2. The van der Waals surface area contributed by atoms with E-state index < -0.39 is 35.8 Å². The van der Waals surface area contributed by atoms with Gasteiger partial charge in [-0.25, -0.2) is 9.18 Å². The maximum absolute atomic E-state index is 13.0. The lowest BCUT2D eigenvalue weighted by atomic mass is 10.1. The predicted molar refractivity (Wildman–Crippen MR) is 114 cm³/mol. The number of rotatable bonds is 8. The largest absolute Gasteiger partial charge is 0.490 e. The number of nitrogens with one attached hydrogen (secondary N) is 2. The van der Waals surface area contributed by atoms with Crippen molar-refractivity contribution in [3.05, 3.63) is 58.4 Å². The van der Waals surface area contributed by atoms with Crippen molar-refractivity contribution < 1.29 is 28.2 Å². The van der Waals surface area contributed by atoms with Gasteiger partial charge in [0.25, 0.3) is 11.8 Å². The number of urea groups is 1. The van der Waals surface area contributed by atoms with Gasteiger partial charge in [-0.2, -0.15) is 5.26 Å². The Kier molecular flexibility index (Phi) is 8.56. The lowest BCUT2D eigenvalue weighted by Crippen LogP contribution is -2.35. The normalized spacial score (nSPS) is 10.6. The number of nitriles is 1. The van der Waals surface area contributed by atoms with E-state index in [1.807, 2.05) is 0 Å². The van der Waals surface area contributed by atoms with Gasteiger partial charge >= 0.3 is 6.03 Å². The fraction of sp³-hybridized carbons (Fsp3) is 0.143. The SMILES string of the molecule is CCOc1cc(/C=C(/C#N)C(=O)NC(N)=O)cc(Cl)c1OCC(=O)Nc1ccc(F)cc1. The van der Waals surface area contributed by atoms with Crippen LogP contribution >= 0.6 is 11.6 Å². The van der Waals surface area contributed by atoms with Crippen LogP contribution in [0.15, 0.2) is 42.0 Å². The molecule has 2 rings (SSSR count). The summed E-state index contributed by atoms with van der Waals surface area (Å²) in [5.41, 5.74) is 5.18. The zero-order chi connectivity index (χ0) is 23.7. The Labute approximate surface area is 187 Å². The van der Waals surface area contributed by atoms with Crippen LogP contribution in [-0.2, 0) is 9.59 Å². The molecule has 0 heterocycles. The molecule has 0 aliphatic heterocycles. The highest BCUT2D eigenvalue weighted by molar-refractivity contribution is 6.32. The standard InChI is InChI=1S/C21H18ClFN4O5/c1-2-31-17-9-12(7-13(10-24)20(29)27-21(25)30)8-16(22)19(17)32-11-18(28)26-15-5-3-14(23)4-6-15/h3-9H,2,11H2,1H3,(H,26,28)(H3,25,27,29,30)/b13-7-. The van der Waals surface area contributed by atoms with Crippen molar-refractivity contribution in [2.75, 3.05) is 18.5 Å². The molecule has 9 nitrogen and oxygen atoms in total. The fourth-order valence-corrected chi connectivity index (χ4v) is 2.71. The second-order valence-corrected chi connectivity index (χ2v) is 6.50. The second kappa shape index (κ2) is 11.3. The Hall–Kier alpha value is -4.10. The molecule has 11 heteroatoms. The monoisotopic (exact) mass is 460 g/mol. The molecule has 0 radical (unpaired) electrons. The average Bonchev–Trinajstić information content (AvgIpc) is 2.72. The van der Waals surface area contributed by atoms with Gasteiger partial charge in [0.15, 0.2) is 18.1 Å². The molecule has 2 aromatic rings. The highest BCUT2D eigenvalue weighted by Gasteiger charge is 2.16. The van der Waals surface area contributed by atoms with Crippen molar-refractivity contribution in [3.63, 3.8) is 0 Å². The van der Waals surface area contributed by atoms with Gasteiger partial charge in [-0.15, -0.1) is 0 Å². The molecule has 0 fully saturated rings. The smallest absolute Gasteiger partial charge is 0.319 e. The van der Waals surface area contributed by atoms with E-state index >= 15 is 0 Å². The third kappa shape index (κ3) is 7.00. The predicted octanol–water partition coefficient (Wildman–Crippen LogP) is 3.00. The van der Waals surface area contributed by atoms with E-state index in [0.29, 0.717) is 11.3 Å². The van der Waals surface area contributed by atoms with E-state index in [0.717, 1.165) is 0 Å². The minimum Gasteiger partial charge on any atom is -0.490 e. The Morgan fingerprint density at radius 1 is 1.22 bits per heavy atom. The molecule has 0 aliphatic rings. The van der Waals surface area contributed by atoms with Crippen LogP contribution in [-0.4, -0.2) is 31.1 Å². The van der Waals surface area contributed by atoms with Crippen LogP contribution in [0.25, 0.3) is 6.08 Å². The van der Waals surface area contributed by atoms with Crippen molar-refractivity contribution >= 4 is 41.2 Å². The molecule has 0 spiro atoms. The number of nitrogens with zero attached hydrogens (tertiary/aromatic N) is 1. The second-order valence-electron chi connectivity index (χ2n) is 6.09. The lowest BCUT2D eigenvalue weighted by Gasteiger charge is -2.14. The number of amides is 4. The van der Waals surface area contributed by atoms with Crippen LogP contribution in [0, 0.1) is 17.1 Å². The molecule has 0 unspecified atom stereocenters. The number of hydrogen-bond acceptors (Lipinski definition) is 6. The summed E-state index contributed by atoms with van der Waals surface area (Å²) < 4.78 is 23.9. The molecule has 0 bridgehead atoms. The van der Waals surface area contributed by atoms with Gasteiger partial charge in [-0.3, -0.25) is 14.9 Å². The number of imide groups is 1. The van der Waals surface area contributed by atoms with Crippen LogP contribution in [0.1, 0.15) is 12.5 Å². The van der Waals surface area contributed by atoms with E-state index in [2.05, 4.69) is 5.32 Å². The number of hydrogen-bond donors (Lipinski definition) is 3. The zero-order valence-electron chi connectivity index (χ0n) is 16.8. The summed E-state index contributed by atoms with van der Waals surface area (Å²) >= 11 is 6.26. The Morgan fingerprint density at radius 2 is 1.91 bits per heavy atom. The molecule has 0 saturated heterocycles. The molecule has 32 heavy (non-hydrogen) atoms. The van der Waals surface area contributed by atoms with E-state index in [-0.39, 0.29) is 23.1 Å². The lowest BCUT2D eigenvalue weighted by molar-refractivity contribution is -0.118. The van der Waals surface area contributed by atoms with E-state index in [1.54, 1.807) is 18.3 Å². The highest BCUT2D eigenvalue weighted by Crippen LogP contribution is 2.37. The first-order chi connectivity index (χ1) is 15.2. The Bertz CT molecular complexity index is 1100. The summed E-state index contributed by atoms with van der Waals surface area (Å²) in [6.45, 7) is 1.52. The molecule has 0 atom stereocenters. The van der Waals surface area contributed by atoms with Crippen LogP contribution in [0.4, 0.5) is 14.9 Å². The fourth-order valence-electron chi connectivity index (χ4n) is 2.44. The van der Waals surface area contributed by atoms with Crippen LogP contribution < -0.4 is 25.8 Å². The van der Waals surface area contributed by atoms with Crippen molar-refractivity contribution in [3.8, 4) is 17.6 Å². The summed E-state index contributed by atoms with van der Waals surface area (Å²) in [4.78, 5) is 34.8. The average molecular weight is 461 g/mol. The summed E-state index contributed by atoms with van der Waals surface area (Å²) in [6.07, 6.45) is 1.18. The van der Waals surface area contributed by atoms with Gasteiger partial charge in [-0.05, 0) is 55.0 Å². The van der Waals surface area contributed by atoms with Gasteiger partial charge in [0, 0.05) is 5.69 Å². The first-order valence-corrected chi connectivity index (χ1v) is 9.48. The zero-order valence-corrected chi connectivity index (χ0v) is 17.5. The Morgan fingerprint density at radius 3 is 2.50 bits per heavy atom. The first kappa shape index (κ1) is 24.2. The number of ether oxygens (including phenoxy) is 2. The van der Waals surface area contributed by atoms with Crippen LogP contribution in [0.5, 0.6) is 11.5 Å². The van der Waals surface area contributed by atoms with E-state index in [1.165, 1.54) is 42.5 Å². The topological polar surface area (TPSA) is 144 Å². The maximum atomic E-state index is 13.0. The summed E-state index contributed by atoms with van der Waals surface area (Å²) in [5.74, 6) is -1.71. The maximum Gasteiger partial charge on any atom is 0.319 e. The van der Waals surface area contributed by atoms with E-state index in [4.69, 9.17) is 32.1 Å². The minimum atomic E-state index is -1.10. The number of benzene rings is 2. The number of nitrogens with two attached hydrogens (primary N) is 1. The van der Waals surface area contributed by atoms with Gasteiger partial charge in [0.1, 0.15) is 17.5 Å². The summed E-state index contributed by atoms with van der Waals surface area (Å²) in [5, 5.41) is 13.5. The van der Waals surface area contributed by atoms with Crippen molar-refractivity contribution in [1.82, 2.24) is 5.32 Å². The van der Waals surface area contributed by atoms with Crippen molar-refractivity contribution in [2.24, 2.45) is 5.73 Å². The molecule has 4 N–H and O–H groups in total. The third-order valence-electron chi connectivity index (χ3n) is 3.72. The van der Waals surface area contributed by atoms with Gasteiger partial charge in [0.2, 0.25) is 0 Å². The molecular weight excluding hydrogens is 443 g/mol. The van der Waals surface area contributed by atoms with Crippen LogP contribution in [0.2, 0.25) is 5.02 Å². The number of carbonyl (C=O) groups excluding carboxylic acids is 3. The van der Waals surface area contributed by atoms with E-state index in [9.17, 15) is 18.8 Å². The van der Waals surface area contributed by atoms with Crippen molar-refractivity contribution in [2.45, 2.75) is 6.92 Å².